The highest BCUT2D eigenvalue weighted by molar-refractivity contribution is 5.86. The van der Waals surface area contributed by atoms with Crippen LogP contribution in [0.15, 0.2) is 176 Å². The largest absolute Gasteiger partial charge is 0.253 e. The average molecular weight is 1370 g/mol. The zero-order chi connectivity index (χ0) is 75.4. The monoisotopic (exact) mass is 1370 g/mol. The Kier molecular flexibility index (Phi) is 25.3. The van der Waals surface area contributed by atoms with Crippen LogP contribution in [-0.2, 0) is 0 Å². The average Bonchev–Trinajstić information content (AvgIpc) is 1.11. The van der Waals surface area contributed by atoms with Gasteiger partial charge in [0.1, 0.15) is 0 Å². The van der Waals surface area contributed by atoms with Crippen molar-refractivity contribution in [2.45, 2.75) is 166 Å². The van der Waals surface area contributed by atoms with E-state index in [0.29, 0.717) is 0 Å². The van der Waals surface area contributed by atoms with Crippen molar-refractivity contribution in [2.75, 3.05) is 0 Å². The molecule has 8 heterocycles. The summed E-state index contributed by atoms with van der Waals surface area (Å²) in [5.74, 6) is 0. The molecule has 0 saturated heterocycles. The van der Waals surface area contributed by atoms with Crippen LogP contribution in [-0.4, -0.2) is 54.8 Å². The number of aromatic nitrogens is 11. The fourth-order valence-electron chi connectivity index (χ4n) is 12.0. The molecule has 0 aliphatic heterocycles. The fraction of sp³-hybridized carbons (Fsp3) is 0.258. The van der Waals surface area contributed by atoms with Crippen LogP contribution in [0.3, 0.4) is 0 Å². The Morgan fingerprint density at radius 2 is 0.615 bits per heavy atom. The molecule has 11 nitrogen and oxygen atoms in total. The van der Waals surface area contributed by atoms with Crippen molar-refractivity contribution < 1.29 is 0 Å². The number of hydrogen-bond donors (Lipinski definition) is 0. The molecule has 8 aromatic carbocycles. The molecule has 0 unspecified atom stereocenters. The van der Waals surface area contributed by atoms with Gasteiger partial charge in [0.05, 0.1) is 83.5 Å². The van der Waals surface area contributed by atoms with Crippen LogP contribution in [0.25, 0.3) is 87.6 Å². The summed E-state index contributed by atoms with van der Waals surface area (Å²) < 4.78 is 0. The Labute approximate surface area is 615 Å². The molecular formula is C93H101N11. The molecule has 0 radical (unpaired) electrons. The van der Waals surface area contributed by atoms with Gasteiger partial charge in [-0.25, -0.2) is 19.9 Å². The van der Waals surface area contributed by atoms with E-state index in [-0.39, 0.29) is 0 Å². The first-order chi connectivity index (χ1) is 49.4. The van der Waals surface area contributed by atoms with Crippen LogP contribution in [0.5, 0.6) is 0 Å². The maximum Gasteiger partial charge on any atom is 0.0921 e. The minimum atomic E-state index is 0.980. The lowest BCUT2D eigenvalue weighted by Gasteiger charge is -2.07. The topological polar surface area (TPSA) is 142 Å². The third-order valence-corrected chi connectivity index (χ3v) is 19.5. The number of nitrogens with zero attached hydrogens (tertiary/aromatic N) is 11. The standard InChI is InChI=1S/5C12H13N.3C11H12N2/c1-8-4-5-12-11(6-8)7-9(2)10(3)13-12;1-8-4-5-11-7-9(2)10(3)13-12(11)6-8;1-8-5-4-6-12-11(8)7-9(2)10(3)13-12;1-8-5-4-6-11-7-9(2)10(3)13-12(8)11;1-8-9(2)11-6-4-5-7-12(11)13-10(8)3;1-7-6-8(2)10-11(9(7)3)13-5-4-12-10;1-7-4-5-10-11(6-7)13-9(3)8(2)12-10;1-7-5-4-6-10-11(7)13-9(3)8(2)12-10/h5*4-7H,1-3H3;3*4-6H,1-3H3. The zero-order valence-corrected chi connectivity index (χ0v) is 65.7. The first-order valence-electron chi connectivity index (χ1n) is 35.7. The Morgan fingerprint density at radius 3 is 1.28 bits per heavy atom. The third-order valence-electron chi connectivity index (χ3n) is 19.5. The van der Waals surface area contributed by atoms with E-state index in [1.54, 1.807) is 12.4 Å². The van der Waals surface area contributed by atoms with Crippen molar-refractivity contribution in [3.63, 3.8) is 0 Å². The molecule has 528 valence electrons. The molecule has 11 heteroatoms. The highest BCUT2D eigenvalue weighted by Crippen LogP contribution is 2.26. The smallest absolute Gasteiger partial charge is 0.0921 e. The fourth-order valence-corrected chi connectivity index (χ4v) is 12.0. The summed E-state index contributed by atoms with van der Waals surface area (Å²) in [6.07, 6.45) is 3.48. The molecule has 0 aliphatic rings. The van der Waals surface area contributed by atoms with E-state index in [9.17, 15) is 0 Å². The molecule has 8 aromatic heterocycles. The molecule has 16 rings (SSSR count). The SMILES string of the molecule is Cc1cc(C)c2nccnc2c1C.Cc1cc2c(C)cccc2nc1C.Cc1cc2cccc(C)c2nc1C.Cc1ccc2cc(C)c(C)nc2c1.Cc1ccc2nc(C)c(C)cc2c1.Cc1ccc2nc(C)c(C)nc2c1.Cc1nc2cccc(C)c2nc1C.Cc1nc2ccccc2c(C)c1C. The quantitative estimate of drug-likeness (QED) is 0.143. The molecule has 0 fully saturated rings. The van der Waals surface area contributed by atoms with Crippen molar-refractivity contribution in [1.29, 1.82) is 0 Å². The number of hydrogen-bond acceptors (Lipinski definition) is 11. The number of rotatable bonds is 0. The summed E-state index contributed by atoms with van der Waals surface area (Å²) in [5.41, 5.74) is 40.2. The second-order valence-electron chi connectivity index (χ2n) is 27.8. The molecule has 0 amide bonds. The molecule has 16 aromatic rings. The maximum atomic E-state index is 4.57. The lowest BCUT2D eigenvalue weighted by atomic mass is 10.0. The zero-order valence-electron chi connectivity index (χ0n) is 65.7. The van der Waals surface area contributed by atoms with Crippen LogP contribution in [0.4, 0.5) is 0 Å². The summed E-state index contributed by atoms with van der Waals surface area (Å²) in [6, 6.07) is 56.7. The van der Waals surface area contributed by atoms with Crippen LogP contribution < -0.4 is 0 Å². The maximum absolute atomic E-state index is 4.57. The van der Waals surface area contributed by atoms with Crippen molar-refractivity contribution in [2.24, 2.45) is 0 Å². The Balaban J connectivity index is 0.000000138. The van der Waals surface area contributed by atoms with Gasteiger partial charge in [0.2, 0.25) is 0 Å². The number of para-hydroxylation sites is 3. The number of pyridine rings is 5. The van der Waals surface area contributed by atoms with E-state index in [0.717, 1.165) is 112 Å². The minimum absolute atomic E-state index is 0.980. The van der Waals surface area contributed by atoms with E-state index in [4.69, 9.17) is 0 Å². The normalized spacial score (nSPS) is 10.7. The lowest BCUT2D eigenvalue weighted by Crippen LogP contribution is -1.94. The van der Waals surface area contributed by atoms with Gasteiger partial charge in [-0.05, 0) is 317 Å². The Hall–Kier alpha value is -11.2. The Morgan fingerprint density at radius 1 is 0.183 bits per heavy atom. The Bertz CT molecular complexity index is 5330. The van der Waals surface area contributed by atoms with Gasteiger partial charge in [-0.15, -0.1) is 0 Å². The summed E-state index contributed by atoms with van der Waals surface area (Å²) >= 11 is 0. The molecule has 0 aliphatic carbocycles. The summed E-state index contributed by atoms with van der Waals surface area (Å²) in [5, 5.41) is 6.25. The predicted molar refractivity (Wildman–Crippen MR) is 441 cm³/mol. The van der Waals surface area contributed by atoms with Crippen LogP contribution in [0.1, 0.15) is 135 Å². The molecule has 0 bridgehead atoms. The molecule has 0 N–H and O–H groups in total. The van der Waals surface area contributed by atoms with Crippen molar-refractivity contribution in [3.8, 4) is 0 Å². The number of fused-ring (bicyclic) bond motifs is 8. The number of aryl methyl sites for hydroxylation is 23. The van der Waals surface area contributed by atoms with Gasteiger partial charge in [0.15, 0.2) is 0 Å². The van der Waals surface area contributed by atoms with E-state index in [2.05, 4.69) is 333 Å². The first kappa shape index (κ1) is 77.0. The van der Waals surface area contributed by atoms with E-state index in [1.165, 1.54) is 110 Å². The van der Waals surface area contributed by atoms with Crippen molar-refractivity contribution in [3.05, 3.63) is 311 Å². The molecule has 104 heavy (non-hydrogen) atoms. The second-order valence-corrected chi connectivity index (χ2v) is 27.8. The van der Waals surface area contributed by atoms with Gasteiger partial charge in [-0.3, -0.25) is 34.9 Å². The predicted octanol–water partition coefficient (Wildman–Crippen LogP) is 23.5. The summed E-state index contributed by atoms with van der Waals surface area (Å²) in [7, 11) is 0. The van der Waals surface area contributed by atoms with Gasteiger partial charge in [0, 0.05) is 67.8 Å². The van der Waals surface area contributed by atoms with Gasteiger partial charge in [-0.1, -0.05) is 96.6 Å². The van der Waals surface area contributed by atoms with E-state index in [1.807, 2.05) is 52.0 Å². The summed E-state index contributed by atoms with van der Waals surface area (Å²) in [6.45, 7) is 49.8. The van der Waals surface area contributed by atoms with Crippen molar-refractivity contribution >= 4 is 87.6 Å². The van der Waals surface area contributed by atoms with Crippen molar-refractivity contribution in [1.82, 2.24) is 54.8 Å². The van der Waals surface area contributed by atoms with Gasteiger partial charge < -0.3 is 0 Å². The van der Waals surface area contributed by atoms with Crippen LogP contribution in [0, 0.1) is 166 Å². The van der Waals surface area contributed by atoms with Crippen LogP contribution >= 0.6 is 0 Å². The van der Waals surface area contributed by atoms with Gasteiger partial charge >= 0.3 is 0 Å². The molecular weight excluding hydrogens is 1270 g/mol. The van der Waals surface area contributed by atoms with E-state index >= 15 is 0 Å². The lowest BCUT2D eigenvalue weighted by molar-refractivity contribution is 1.10. The highest BCUT2D eigenvalue weighted by Gasteiger charge is 2.09. The summed E-state index contributed by atoms with van der Waals surface area (Å²) in [4.78, 5) is 49.3. The molecule has 0 spiro atoms. The van der Waals surface area contributed by atoms with Gasteiger partial charge in [-0.2, -0.15) is 0 Å². The van der Waals surface area contributed by atoms with Gasteiger partial charge in [0.25, 0.3) is 0 Å². The van der Waals surface area contributed by atoms with Crippen LogP contribution in [0.2, 0.25) is 0 Å². The number of benzene rings is 8. The minimum Gasteiger partial charge on any atom is -0.253 e. The second kappa shape index (κ2) is 34.2. The first-order valence-corrected chi connectivity index (χ1v) is 35.7. The van der Waals surface area contributed by atoms with E-state index < -0.39 is 0 Å². The third kappa shape index (κ3) is 19.1. The molecule has 0 atom stereocenters. The molecule has 0 saturated carbocycles. The highest BCUT2D eigenvalue weighted by atomic mass is 14.8.